The summed E-state index contributed by atoms with van der Waals surface area (Å²) in [5.41, 5.74) is 2.08. The van der Waals surface area contributed by atoms with E-state index in [0.29, 0.717) is 6.54 Å². The molecule has 0 atom stereocenters. The number of aromatic nitrogens is 2. The zero-order chi connectivity index (χ0) is 18.2. The van der Waals surface area contributed by atoms with Gasteiger partial charge >= 0.3 is 0 Å². The quantitative estimate of drug-likeness (QED) is 0.461. The summed E-state index contributed by atoms with van der Waals surface area (Å²) in [6, 6.07) is 14.2. The predicted octanol–water partition coefficient (Wildman–Crippen LogP) is 3.78. The molecule has 1 N–H and O–H groups in total. The number of benzene rings is 1. The first-order valence-corrected chi connectivity index (χ1v) is 9.81. The molecule has 0 bridgehead atoms. The van der Waals surface area contributed by atoms with Crippen LogP contribution in [0, 0.1) is 0 Å². The van der Waals surface area contributed by atoms with E-state index in [9.17, 15) is 4.79 Å². The van der Waals surface area contributed by atoms with Crippen LogP contribution < -0.4 is 5.32 Å². The van der Waals surface area contributed by atoms with Crippen LogP contribution in [-0.4, -0.2) is 45.6 Å². The van der Waals surface area contributed by atoms with E-state index in [-0.39, 0.29) is 5.91 Å². The van der Waals surface area contributed by atoms with Gasteiger partial charge in [0.2, 0.25) is 5.91 Å². The lowest BCUT2D eigenvalue weighted by Gasteiger charge is -2.21. The van der Waals surface area contributed by atoms with Gasteiger partial charge in [0.05, 0.1) is 4.90 Å². The molecule has 26 heavy (non-hydrogen) atoms. The minimum atomic E-state index is 0.125. The number of rotatable bonds is 9. The van der Waals surface area contributed by atoms with Crippen molar-refractivity contribution in [2.75, 3.05) is 30.7 Å². The number of pyridine rings is 1. The molecule has 1 amide bonds. The molecule has 0 spiro atoms. The van der Waals surface area contributed by atoms with Gasteiger partial charge in [0.15, 0.2) is 0 Å². The Bertz CT molecular complexity index is 834. The van der Waals surface area contributed by atoms with Gasteiger partial charge in [0.1, 0.15) is 5.65 Å². The highest BCUT2D eigenvalue weighted by Crippen LogP contribution is 2.23. The zero-order valence-corrected chi connectivity index (χ0v) is 15.8. The van der Waals surface area contributed by atoms with Gasteiger partial charge in [-0.1, -0.05) is 18.2 Å². The maximum absolute atomic E-state index is 11.9. The van der Waals surface area contributed by atoms with Crippen LogP contribution in [0.1, 0.15) is 13.3 Å². The number of carbonyl (C=O) groups excluding carboxylic acids is 1. The normalized spacial score (nSPS) is 10.8. The van der Waals surface area contributed by atoms with E-state index in [1.165, 1.54) is 4.90 Å². The average molecular weight is 369 g/mol. The van der Waals surface area contributed by atoms with Crippen molar-refractivity contribution in [3.8, 4) is 0 Å². The monoisotopic (exact) mass is 368 g/mol. The average Bonchev–Trinajstić information content (AvgIpc) is 3.14. The Kier molecular flexibility index (Phi) is 6.55. The topological polar surface area (TPSA) is 49.6 Å². The van der Waals surface area contributed by atoms with Crippen LogP contribution in [0.15, 0.2) is 66.0 Å². The number of carbonyl (C=O) groups is 1. The van der Waals surface area contributed by atoms with Crippen molar-refractivity contribution in [1.82, 2.24) is 14.3 Å². The SMILES string of the molecule is CC(=O)N(CCCSc1cccn2ccnc12)CCNc1ccccc1. The van der Waals surface area contributed by atoms with E-state index in [1.807, 2.05) is 64.3 Å². The van der Waals surface area contributed by atoms with Gasteiger partial charge in [-0.3, -0.25) is 4.79 Å². The fourth-order valence-corrected chi connectivity index (χ4v) is 3.75. The number of nitrogens with zero attached hydrogens (tertiary/aromatic N) is 3. The van der Waals surface area contributed by atoms with Gasteiger partial charge in [0.25, 0.3) is 0 Å². The molecule has 0 aliphatic carbocycles. The molecule has 3 rings (SSSR count). The number of anilines is 1. The van der Waals surface area contributed by atoms with Crippen molar-refractivity contribution < 1.29 is 4.79 Å². The molecule has 3 aromatic rings. The number of amides is 1. The lowest BCUT2D eigenvalue weighted by Crippen LogP contribution is -2.34. The van der Waals surface area contributed by atoms with Crippen molar-refractivity contribution in [2.24, 2.45) is 0 Å². The third-order valence-electron chi connectivity index (χ3n) is 4.14. The zero-order valence-electron chi connectivity index (χ0n) is 15.0. The second kappa shape index (κ2) is 9.29. The van der Waals surface area contributed by atoms with Crippen LogP contribution in [0.25, 0.3) is 5.65 Å². The summed E-state index contributed by atoms with van der Waals surface area (Å²) >= 11 is 1.79. The maximum atomic E-state index is 11.9. The second-order valence-corrected chi connectivity index (χ2v) is 7.17. The third-order valence-corrected chi connectivity index (χ3v) is 5.27. The van der Waals surface area contributed by atoms with E-state index < -0.39 is 0 Å². The molecule has 0 saturated heterocycles. The summed E-state index contributed by atoms with van der Waals surface area (Å²) < 4.78 is 2.03. The van der Waals surface area contributed by atoms with Crippen LogP contribution in [-0.2, 0) is 4.79 Å². The molecule has 0 aliphatic rings. The summed E-state index contributed by atoms with van der Waals surface area (Å²) in [5, 5.41) is 3.35. The number of para-hydroxylation sites is 1. The molecular weight excluding hydrogens is 344 g/mol. The van der Waals surface area contributed by atoms with Crippen molar-refractivity contribution in [3.05, 3.63) is 61.1 Å². The summed E-state index contributed by atoms with van der Waals surface area (Å²) in [7, 11) is 0. The third kappa shape index (κ3) is 5.02. The van der Waals surface area contributed by atoms with Gasteiger partial charge in [-0.25, -0.2) is 4.98 Å². The van der Waals surface area contributed by atoms with Gasteiger partial charge < -0.3 is 14.6 Å². The highest BCUT2D eigenvalue weighted by Gasteiger charge is 2.09. The number of hydrogen-bond donors (Lipinski definition) is 1. The van der Waals surface area contributed by atoms with Crippen LogP contribution in [0.3, 0.4) is 0 Å². The van der Waals surface area contributed by atoms with Crippen LogP contribution in [0.2, 0.25) is 0 Å². The Labute approximate surface area is 158 Å². The molecule has 2 aromatic heterocycles. The summed E-state index contributed by atoms with van der Waals surface area (Å²) in [6.45, 7) is 3.88. The van der Waals surface area contributed by atoms with Crippen molar-refractivity contribution in [1.29, 1.82) is 0 Å². The molecule has 0 saturated carbocycles. The number of fused-ring (bicyclic) bond motifs is 1. The lowest BCUT2D eigenvalue weighted by molar-refractivity contribution is -0.128. The summed E-state index contributed by atoms with van der Waals surface area (Å²) in [6.07, 6.45) is 6.73. The van der Waals surface area contributed by atoms with E-state index in [1.54, 1.807) is 18.7 Å². The first-order valence-electron chi connectivity index (χ1n) is 8.83. The Hall–Kier alpha value is -2.47. The molecular formula is C20H24N4OS. The second-order valence-electron chi connectivity index (χ2n) is 6.03. The van der Waals surface area contributed by atoms with Crippen molar-refractivity contribution >= 4 is 29.0 Å². The Balaban J connectivity index is 1.42. The Morgan fingerprint density at radius 2 is 2.00 bits per heavy atom. The van der Waals surface area contributed by atoms with Crippen LogP contribution >= 0.6 is 11.8 Å². The van der Waals surface area contributed by atoms with Crippen molar-refractivity contribution in [3.63, 3.8) is 0 Å². The van der Waals surface area contributed by atoms with E-state index in [2.05, 4.69) is 16.4 Å². The first kappa shape index (κ1) is 18.3. The number of imidazole rings is 1. The number of thioether (sulfide) groups is 1. The molecule has 0 radical (unpaired) electrons. The maximum Gasteiger partial charge on any atom is 0.219 e. The summed E-state index contributed by atoms with van der Waals surface area (Å²) in [5.74, 6) is 1.09. The lowest BCUT2D eigenvalue weighted by atomic mass is 10.3. The smallest absolute Gasteiger partial charge is 0.219 e. The Morgan fingerprint density at radius 3 is 2.81 bits per heavy atom. The molecule has 6 heteroatoms. The Morgan fingerprint density at radius 1 is 1.15 bits per heavy atom. The number of nitrogens with one attached hydrogen (secondary N) is 1. The molecule has 5 nitrogen and oxygen atoms in total. The molecule has 2 heterocycles. The molecule has 136 valence electrons. The van der Waals surface area contributed by atoms with Gasteiger partial charge in [-0.15, -0.1) is 11.8 Å². The van der Waals surface area contributed by atoms with E-state index >= 15 is 0 Å². The van der Waals surface area contributed by atoms with Gasteiger partial charge in [-0.05, 0) is 36.4 Å². The fourth-order valence-electron chi connectivity index (χ4n) is 2.79. The van der Waals surface area contributed by atoms with Crippen LogP contribution in [0.4, 0.5) is 5.69 Å². The predicted molar refractivity (Wildman–Crippen MR) is 108 cm³/mol. The first-order chi connectivity index (χ1) is 12.7. The molecule has 0 unspecified atom stereocenters. The molecule has 1 aromatic carbocycles. The highest BCUT2D eigenvalue weighted by atomic mass is 32.2. The summed E-state index contributed by atoms with van der Waals surface area (Å²) in [4.78, 5) is 19.4. The molecule has 0 fully saturated rings. The minimum Gasteiger partial charge on any atom is -0.383 e. The number of hydrogen-bond acceptors (Lipinski definition) is 4. The van der Waals surface area contributed by atoms with Crippen LogP contribution in [0.5, 0.6) is 0 Å². The van der Waals surface area contributed by atoms with Crippen molar-refractivity contribution in [2.45, 2.75) is 18.2 Å². The largest absolute Gasteiger partial charge is 0.383 e. The van der Waals surface area contributed by atoms with E-state index in [4.69, 9.17) is 0 Å². The minimum absolute atomic E-state index is 0.125. The van der Waals surface area contributed by atoms with Gasteiger partial charge in [0, 0.05) is 50.8 Å². The van der Waals surface area contributed by atoms with E-state index in [0.717, 1.165) is 36.6 Å². The standard InChI is InChI=1S/C20H24N4OS/c1-17(25)23(14-10-21-18-7-3-2-4-8-18)13-6-16-26-19-9-5-12-24-15-11-22-20(19)24/h2-5,7-9,11-12,15,21H,6,10,13-14,16H2,1H3. The van der Waals surface area contributed by atoms with Gasteiger partial charge in [-0.2, -0.15) is 0 Å². The fraction of sp³-hybridized carbons (Fsp3) is 0.300. The molecule has 0 aliphatic heterocycles. The highest BCUT2D eigenvalue weighted by molar-refractivity contribution is 7.99.